The summed E-state index contributed by atoms with van der Waals surface area (Å²) in [6, 6.07) is 10.7. The van der Waals surface area contributed by atoms with E-state index in [1.54, 1.807) is 0 Å². The summed E-state index contributed by atoms with van der Waals surface area (Å²) in [4.78, 5) is 0. The smallest absolute Gasteiger partial charge is 0.0416 e. The van der Waals surface area contributed by atoms with Gasteiger partial charge in [-0.15, -0.1) is 11.8 Å². The molecule has 0 bridgehead atoms. The molecule has 0 nitrogen and oxygen atoms in total. The molecule has 0 unspecified atom stereocenters. The van der Waals surface area contributed by atoms with Crippen LogP contribution in [0.4, 0.5) is 0 Å². The van der Waals surface area contributed by atoms with E-state index in [0.29, 0.717) is 0 Å². The Bertz CT molecular complexity index is 217. The summed E-state index contributed by atoms with van der Waals surface area (Å²) in [5.74, 6) is 0. The van der Waals surface area contributed by atoms with Crippen molar-refractivity contribution in [3.8, 4) is 0 Å². The zero-order chi connectivity index (χ0) is 6.97. The minimum absolute atomic E-state index is 0.793. The van der Waals surface area contributed by atoms with Gasteiger partial charge in [0.1, 0.15) is 0 Å². The predicted molar refractivity (Wildman–Crippen MR) is 46.2 cm³/mol. The van der Waals surface area contributed by atoms with Crippen LogP contribution in [-0.2, 0) is 0 Å². The molecule has 0 aliphatic carbocycles. The highest BCUT2D eigenvalue weighted by molar-refractivity contribution is 8.07. The fraction of sp³-hybridized carbons (Fsp3) is 0.333. The number of hydrogen-bond donors (Lipinski definition) is 0. The highest BCUT2D eigenvalue weighted by atomic mass is 32.2. The number of benzene rings is 1. The summed E-state index contributed by atoms with van der Waals surface area (Å²) < 4.78 is 0. The summed E-state index contributed by atoms with van der Waals surface area (Å²) in [5.41, 5.74) is 1.49. The molecular formula is C9H10S. The highest BCUT2D eigenvalue weighted by Gasteiger charge is 2.34. The largest absolute Gasteiger partial charge is 0.148 e. The minimum atomic E-state index is 0.793. The van der Waals surface area contributed by atoms with E-state index in [1.165, 1.54) is 5.56 Å². The predicted octanol–water partition coefficient (Wildman–Crippen LogP) is 2.86. The van der Waals surface area contributed by atoms with E-state index >= 15 is 0 Å². The van der Waals surface area contributed by atoms with Crippen LogP contribution in [0.15, 0.2) is 30.3 Å². The van der Waals surface area contributed by atoms with Gasteiger partial charge in [-0.2, -0.15) is 0 Å². The van der Waals surface area contributed by atoms with Crippen molar-refractivity contribution >= 4 is 11.8 Å². The first-order valence-electron chi connectivity index (χ1n) is 3.58. The molecule has 10 heavy (non-hydrogen) atoms. The summed E-state index contributed by atoms with van der Waals surface area (Å²) >= 11 is 2.04. The number of thioether (sulfide) groups is 1. The van der Waals surface area contributed by atoms with Crippen LogP contribution in [0.3, 0.4) is 0 Å². The van der Waals surface area contributed by atoms with Gasteiger partial charge in [-0.25, -0.2) is 0 Å². The average Bonchev–Trinajstić information content (AvgIpc) is 2.69. The van der Waals surface area contributed by atoms with E-state index in [9.17, 15) is 0 Å². The molecule has 1 heterocycles. The molecule has 0 N–H and O–H groups in total. The zero-order valence-corrected chi connectivity index (χ0v) is 6.77. The topological polar surface area (TPSA) is 0 Å². The van der Waals surface area contributed by atoms with Crippen LogP contribution in [0.25, 0.3) is 0 Å². The van der Waals surface area contributed by atoms with Crippen LogP contribution < -0.4 is 0 Å². The third-order valence-corrected chi connectivity index (χ3v) is 3.20. The highest BCUT2D eigenvalue weighted by Crippen LogP contribution is 2.54. The summed E-state index contributed by atoms with van der Waals surface area (Å²) in [6.45, 7) is 2.28. The third kappa shape index (κ3) is 1.06. The summed E-state index contributed by atoms with van der Waals surface area (Å²) in [7, 11) is 0. The maximum atomic E-state index is 2.28. The first kappa shape index (κ1) is 6.29. The lowest BCUT2D eigenvalue weighted by Crippen LogP contribution is -1.80. The molecular weight excluding hydrogens is 140 g/mol. The first-order valence-corrected chi connectivity index (χ1v) is 4.52. The van der Waals surface area contributed by atoms with Crippen LogP contribution in [0.2, 0.25) is 0 Å². The van der Waals surface area contributed by atoms with E-state index in [4.69, 9.17) is 0 Å². The maximum absolute atomic E-state index is 2.28. The molecule has 2 atom stereocenters. The lowest BCUT2D eigenvalue weighted by molar-refractivity contribution is 1.04. The Morgan fingerprint density at radius 2 is 1.80 bits per heavy atom. The Hall–Kier alpha value is -0.430. The van der Waals surface area contributed by atoms with Gasteiger partial charge in [0.25, 0.3) is 0 Å². The van der Waals surface area contributed by atoms with Crippen molar-refractivity contribution < 1.29 is 0 Å². The number of rotatable bonds is 1. The fourth-order valence-electron chi connectivity index (χ4n) is 1.18. The average molecular weight is 150 g/mol. The molecule has 1 aromatic carbocycles. The maximum Gasteiger partial charge on any atom is 0.0416 e. The molecule has 52 valence electrons. The van der Waals surface area contributed by atoms with Crippen molar-refractivity contribution in [1.82, 2.24) is 0 Å². The molecule has 0 aromatic heterocycles. The second-order valence-corrected chi connectivity index (χ2v) is 4.20. The van der Waals surface area contributed by atoms with Crippen molar-refractivity contribution in [3.63, 3.8) is 0 Å². The SMILES string of the molecule is C[C@H]1S[C@@H]1c1ccccc1. The molecule has 0 radical (unpaired) electrons. The molecule has 1 aliphatic heterocycles. The number of hydrogen-bond acceptors (Lipinski definition) is 1. The minimum Gasteiger partial charge on any atom is -0.148 e. The van der Waals surface area contributed by atoms with E-state index in [0.717, 1.165) is 10.5 Å². The molecule has 1 saturated heterocycles. The van der Waals surface area contributed by atoms with Crippen molar-refractivity contribution in [3.05, 3.63) is 35.9 Å². The van der Waals surface area contributed by atoms with Crippen molar-refractivity contribution in [2.75, 3.05) is 0 Å². The second kappa shape index (κ2) is 2.31. The molecule has 1 fully saturated rings. The van der Waals surface area contributed by atoms with Crippen LogP contribution in [-0.4, -0.2) is 5.25 Å². The molecule has 1 aliphatic rings. The van der Waals surface area contributed by atoms with Gasteiger partial charge in [0.05, 0.1) is 0 Å². The fourth-order valence-corrected chi connectivity index (χ4v) is 2.02. The van der Waals surface area contributed by atoms with Gasteiger partial charge in [-0.1, -0.05) is 37.3 Å². The molecule has 0 amide bonds. The zero-order valence-electron chi connectivity index (χ0n) is 5.95. The lowest BCUT2D eigenvalue weighted by atomic mass is 10.1. The van der Waals surface area contributed by atoms with Crippen LogP contribution >= 0.6 is 11.8 Å². The normalized spacial score (nSPS) is 30.1. The Balaban J connectivity index is 2.20. The van der Waals surface area contributed by atoms with Gasteiger partial charge in [-0.3, -0.25) is 0 Å². The van der Waals surface area contributed by atoms with E-state index in [1.807, 2.05) is 11.8 Å². The summed E-state index contributed by atoms with van der Waals surface area (Å²) in [5, 5.41) is 1.64. The van der Waals surface area contributed by atoms with Gasteiger partial charge in [0, 0.05) is 10.5 Å². The quantitative estimate of drug-likeness (QED) is 0.555. The van der Waals surface area contributed by atoms with Gasteiger partial charge in [-0.05, 0) is 5.56 Å². The first-order chi connectivity index (χ1) is 4.88. The monoisotopic (exact) mass is 150 g/mol. The molecule has 1 heteroatoms. The Labute approximate surface area is 65.6 Å². The van der Waals surface area contributed by atoms with E-state index in [2.05, 4.69) is 37.3 Å². The third-order valence-electron chi connectivity index (χ3n) is 1.84. The molecule has 0 spiro atoms. The van der Waals surface area contributed by atoms with Crippen molar-refractivity contribution in [2.45, 2.75) is 17.4 Å². The standard InChI is InChI=1S/C9H10S/c1-7-9(10-7)8-5-3-2-4-6-8/h2-7,9H,1H3/t7-,9+/m1/s1. The van der Waals surface area contributed by atoms with E-state index < -0.39 is 0 Å². The second-order valence-electron chi connectivity index (χ2n) is 2.67. The molecule has 2 rings (SSSR count). The molecule has 0 saturated carbocycles. The van der Waals surface area contributed by atoms with Crippen molar-refractivity contribution in [1.29, 1.82) is 0 Å². The summed E-state index contributed by atoms with van der Waals surface area (Å²) in [6.07, 6.45) is 0. The Morgan fingerprint density at radius 1 is 1.20 bits per heavy atom. The molecule has 1 aromatic rings. The van der Waals surface area contributed by atoms with Crippen molar-refractivity contribution in [2.24, 2.45) is 0 Å². The Kier molecular flexibility index (Phi) is 1.46. The van der Waals surface area contributed by atoms with Gasteiger partial charge < -0.3 is 0 Å². The van der Waals surface area contributed by atoms with Crippen LogP contribution in [0.1, 0.15) is 17.7 Å². The van der Waals surface area contributed by atoms with Gasteiger partial charge in [0.2, 0.25) is 0 Å². The van der Waals surface area contributed by atoms with Gasteiger partial charge >= 0.3 is 0 Å². The van der Waals surface area contributed by atoms with E-state index in [-0.39, 0.29) is 0 Å². The van der Waals surface area contributed by atoms with Crippen LogP contribution in [0, 0.1) is 0 Å². The lowest BCUT2D eigenvalue weighted by Gasteiger charge is -1.92. The van der Waals surface area contributed by atoms with Crippen LogP contribution in [0.5, 0.6) is 0 Å². The van der Waals surface area contributed by atoms with Gasteiger partial charge in [0.15, 0.2) is 0 Å². The Morgan fingerprint density at radius 3 is 2.30 bits per heavy atom.